The molecule has 1 saturated heterocycles. The summed E-state index contributed by atoms with van der Waals surface area (Å²) < 4.78 is 2.18. The molecular formula is C28H21N3. The number of para-hydroxylation sites is 1. The molecule has 2 unspecified atom stereocenters. The molecule has 1 aliphatic rings. The Morgan fingerprint density at radius 3 is 2.10 bits per heavy atom. The van der Waals surface area contributed by atoms with Gasteiger partial charge in [-0.15, -0.1) is 0 Å². The van der Waals surface area contributed by atoms with E-state index >= 15 is 0 Å². The van der Waals surface area contributed by atoms with Crippen molar-refractivity contribution in [2.75, 3.05) is 0 Å². The summed E-state index contributed by atoms with van der Waals surface area (Å²) in [5, 5.41) is 12.3. The van der Waals surface area contributed by atoms with E-state index in [4.69, 9.17) is 0 Å². The van der Waals surface area contributed by atoms with Crippen LogP contribution in [0, 0.1) is 0 Å². The van der Waals surface area contributed by atoms with Gasteiger partial charge in [0.15, 0.2) is 0 Å². The van der Waals surface area contributed by atoms with Crippen LogP contribution in [0.15, 0.2) is 103 Å². The smallest absolute Gasteiger partial charge is 0.0958 e. The number of aromatic amines is 1. The summed E-state index contributed by atoms with van der Waals surface area (Å²) in [5.41, 5.74) is 6.31. The normalized spacial score (nSPS) is 18.2. The molecular weight excluding hydrogens is 378 g/mol. The van der Waals surface area contributed by atoms with E-state index in [0.29, 0.717) is 12.1 Å². The number of nitrogens with one attached hydrogen (secondary N) is 2. The molecule has 0 spiro atoms. The van der Waals surface area contributed by atoms with Crippen molar-refractivity contribution in [2.45, 2.75) is 12.1 Å². The fourth-order valence-electron chi connectivity index (χ4n) is 4.86. The summed E-state index contributed by atoms with van der Waals surface area (Å²) in [4.78, 5) is 0. The standard InChI is InChI=1S/C28H21N3/c1-2-8-23(9-3-1)31-28-24-17-22(13-11-19(24)14-15-25(28)30-31)27-26(29-27)21-12-10-18-6-4-5-7-20(18)16-21/h1-17,26-27,29-30H. The average Bonchev–Trinajstić information content (AvgIpc) is 3.60. The van der Waals surface area contributed by atoms with Crippen molar-refractivity contribution in [1.82, 2.24) is 15.1 Å². The van der Waals surface area contributed by atoms with Gasteiger partial charge in [0, 0.05) is 5.39 Å². The minimum absolute atomic E-state index is 0.361. The Kier molecular flexibility index (Phi) is 3.46. The molecule has 31 heavy (non-hydrogen) atoms. The van der Waals surface area contributed by atoms with Crippen LogP contribution in [-0.4, -0.2) is 9.78 Å². The van der Waals surface area contributed by atoms with Gasteiger partial charge in [-0.2, -0.15) is 0 Å². The largest absolute Gasteiger partial charge is 0.300 e. The van der Waals surface area contributed by atoms with Gasteiger partial charge in [-0.3, -0.25) is 15.1 Å². The third-order valence-corrected chi connectivity index (χ3v) is 6.56. The highest BCUT2D eigenvalue weighted by Crippen LogP contribution is 2.44. The maximum atomic E-state index is 3.70. The average molecular weight is 399 g/mol. The molecule has 1 aromatic heterocycles. The number of aromatic nitrogens is 2. The van der Waals surface area contributed by atoms with Crippen molar-refractivity contribution >= 4 is 32.6 Å². The zero-order valence-electron chi connectivity index (χ0n) is 16.9. The van der Waals surface area contributed by atoms with E-state index in [0.717, 1.165) is 5.69 Å². The van der Waals surface area contributed by atoms with E-state index in [-0.39, 0.29) is 0 Å². The van der Waals surface area contributed by atoms with Crippen molar-refractivity contribution in [1.29, 1.82) is 0 Å². The van der Waals surface area contributed by atoms with Gasteiger partial charge in [0.05, 0.1) is 28.8 Å². The Balaban J connectivity index is 1.29. The van der Waals surface area contributed by atoms with Crippen molar-refractivity contribution in [3.05, 3.63) is 114 Å². The van der Waals surface area contributed by atoms with E-state index < -0.39 is 0 Å². The molecule has 0 bridgehead atoms. The second-order valence-corrected chi connectivity index (χ2v) is 8.45. The van der Waals surface area contributed by atoms with Crippen LogP contribution in [0.2, 0.25) is 0 Å². The maximum Gasteiger partial charge on any atom is 0.0958 e. The Hall–Kier alpha value is -3.82. The van der Waals surface area contributed by atoms with Gasteiger partial charge in [0.1, 0.15) is 0 Å². The van der Waals surface area contributed by atoms with Crippen LogP contribution < -0.4 is 5.32 Å². The van der Waals surface area contributed by atoms with E-state index in [1.807, 2.05) is 0 Å². The molecule has 148 valence electrons. The van der Waals surface area contributed by atoms with Crippen molar-refractivity contribution < 1.29 is 0 Å². The van der Waals surface area contributed by atoms with Crippen LogP contribution in [0.1, 0.15) is 23.2 Å². The van der Waals surface area contributed by atoms with Gasteiger partial charge in [0.2, 0.25) is 0 Å². The SMILES string of the molecule is c1ccc(-n2[nH]c3ccc4ccc(C5NC5c5ccc6ccccc6c5)cc4c32)cc1. The predicted molar refractivity (Wildman–Crippen MR) is 128 cm³/mol. The lowest BCUT2D eigenvalue weighted by atomic mass is 9.98. The lowest BCUT2D eigenvalue weighted by molar-refractivity contribution is 0.875. The fraction of sp³-hybridized carbons (Fsp3) is 0.0714. The van der Waals surface area contributed by atoms with Crippen LogP contribution >= 0.6 is 0 Å². The minimum atomic E-state index is 0.361. The monoisotopic (exact) mass is 399 g/mol. The van der Waals surface area contributed by atoms with Crippen molar-refractivity contribution in [3.63, 3.8) is 0 Å². The summed E-state index contributed by atoms with van der Waals surface area (Å²) in [6.07, 6.45) is 0. The molecule has 0 amide bonds. The third kappa shape index (κ3) is 2.64. The first-order valence-electron chi connectivity index (χ1n) is 10.8. The summed E-state index contributed by atoms with van der Waals surface area (Å²) in [5.74, 6) is 0. The molecule has 2 atom stereocenters. The quantitative estimate of drug-likeness (QED) is 0.321. The molecule has 2 N–H and O–H groups in total. The van der Waals surface area contributed by atoms with Gasteiger partial charge >= 0.3 is 0 Å². The molecule has 5 aromatic carbocycles. The Morgan fingerprint density at radius 1 is 0.581 bits per heavy atom. The van der Waals surface area contributed by atoms with E-state index in [1.165, 1.54) is 43.7 Å². The number of hydrogen-bond acceptors (Lipinski definition) is 1. The zero-order valence-corrected chi connectivity index (χ0v) is 16.9. The predicted octanol–water partition coefficient (Wildman–Crippen LogP) is 6.65. The molecule has 6 aromatic rings. The highest BCUT2D eigenvalue weighted by Gasteiger charge is 2.38. The van der Waals surface area contributed by atoms with Crippen LogP contribution in [0.5, 0.6) is 0 Å². The summed E-state index contributed by atoms with van der Waals surface area (Å²) >= 11 is 0. The van der Waals surface area contributed by atoms with Gasteiger partial charge in [-0.25, -0.2) is 0 Å². The van der Waals surface area contributed by atoms with Crippen LogP contribution in [0.3, 0.4) is 0 Å². The number of fused-ring (bicyclic) bond motifs is 4. The van der Waals surface area contributed by atoms with Crippen molar-refractivity contribution in [2.24, 2.45) is 0 Å². The third-order valence-electron chi connectivity index (χ3n) is 6.56. The second kappa shape index (κ2) is 6.34. The lowest BCUT2D eigenvalue weighted by Crippen LogP contribution is -2.08. The highest BCUT2D eigenvalue weighted by atomic mass is 15.3. The number of rotatable bonds is 3. The highest BCUT2D eigenvalue weighted by molar-refractivity contribution is 6.06. The minimum Gasteiger partial charge on any atom is -0.300 e. The summed E-state index contributed by atoms with van der Waals surface area (Å²) in [6.45, 7) is 0. The van der Waals surface area contributed by atoms with Gasteiger partial charge in [0.25, 0.3) is 0 Å². The summed E-state index contributed by atoms with van der Waals surface area (Å²) in [7, 11) is 0. The number of benzene rings is 5. The summed E-state index contributed by atoms with van der Waals surface area (Å²) in [6, 6.07) is 37.9. The first-order chi connectivity index (χ1) is 15.3. The first-order valence-corrected chi connectivity index (χ1v) is 10.8. The molecule has 1 aliphatic heterocycles. The zero-order chi connectivity index (χ0) is 20.4. The van der Waals surface area contributed by atoms with Crippen LogP contribution in [0.4, 0.5) is 0 Å². The Bertz CT molecular complexity index is 1570. The Morgan fingerprint density at radius 2 is 1.26 bits per heavy atom. The van der Waals surface area contributed by atoms with Crippen molar-refractivity contribution in [3.8, 4) is 5.69 Å². The van der Waals surface area contributed by atoms with Crippen LogP contribution in [-0.2, 0) is 0 Å². The molecule has 0 saturated carbocycles. The van der Waals surface area contributed by atoms with Gasteiger partial charge in [-0.05, 0) is 57.6 Å². The molecule has 3 nitrogen and oxygen atoms in total. The Labute approximate surface area is 179 Å². The van der Waals surface area contributed by atoms with Crippen LogP contribution in [0.25, 0.3) is 38.3 Å². The van der Waals surface area contributed by atoms with Gasteiger partial charge < -0.3 is 0 Å². The van der Waals surface area contributed by atoms with Gasteiger partial charge in [-0.1, -0.05) is 72.8 Å². The molecule has 0 radical (unpaired) electrons. The molecule has 2 heterocycles. The first kappa shape index (κ1) is 16.9. The lowest BCUT2D eigenvalue weighted by Gasteiger charge is -2.19. The number of H-pyrrole nitrogens is 1. The van der Waals surface area contributed by atoms with E-state index in [2.05, 4.69) is 118 Å². The van der Waals surface area contributed by atoms with E-state index in [9.17, 15) is 0 Å². The molecule has 0 aliphatic carbocycles. The number of nitrogens with zero attached hydrogens (tertiary/aromatic N) is 1. The topological polar surface area (TPSA) is 42.7 Å². The molecule has 1 fully saturated rings. The fourth-order valence-corrected chi connectivity index (χ4v) is 4.86. The molecule has 7 rings (SSSR count). The van der Waals surface area contributed by atoms with E-state index in [1.54, 1.807) is 0 Å². The second-order valence-electron chi connectivity index (χ2n) is 8.45. The number of hydrogen-bond donors (Lipinski definition) is 2. The maximum absolute atomic E-state index is 3.70. The molecule has 3 heteroatoms.